The minimum absolute atomic E-state index is 0.245. The van der Waals surface area contributed by atoms with Crippen molar-refractivity contribution in [1.29, 1.82) is 0 Å². The van der Waals surface area contributed by atoms with Crippen molar-refractivity contribution >= 4 is 5.78 Å². The van der Waals surface area contributed by atoms with E-state index in [-0.39, 0.29) is 5.78 Å². The molecule has 64 valence electrons. The number of H-pyrrole nitrogens is 1. The van der Waals surface area contributed by atoms with E-state index in [9.17, 15) is 4.79 Å². The highest BCUT2D eigenvalue weighted by atomic mass is 16.1. The number of carbonyl (C=O) groups excluding carboxylic acids is 1. The molecule has 3 heteroatoms. The molecule has 12 heavy (non-hydrogen) atoms. The zero-order chi connectivity index (χ0) is 8.72. The summed E-state index contributed by atoms with van der Waals surface area (Å²) < 4.78 is 0. The lowest BCUT2D eigenvalue weighted by Gasteiger charge is -2.15. The van der Waals surface area contributed by atoms with Crippen LogP contribution in [-0.4, -0.2) is 16.0 Å². The fourth-order valence-electron chi connectivity index (χ4n) is 1.82. The molecule has 0 radical (unpaired) electrons. The summed E-state index contributed by atoms with van der Waals surface area (Å²) in [5.74, 6) is 0.697. The van der Waals surface area contributed by atoms with Crippen LogP contribution in [0, 0.1) is 12.8 Å². The van der Waals surface area contributed by atoms with E-state index in [2.05, 4.69) is 17.1 Å². The summed E-state index contributed by atoms with van der Waals surface area (Å²) in [6.45, 7) is 3.99. The Morgan fingerprint density at radius 2 is 2.25 bits per heavy atom. The standard InChI is InChI=1S/C9H12N2O/c1-5-3-7-9(8(12)4-5)6(2)10-11-7/h5H,3-4H2,1-2H3,(H,10,11). The monoisotopic (exact) mass is 164 g/mol. The van der Waals surface area contributed by atoms with E-state index >= 15 is 0 Å². The average molecular weight is 164 g/mol. The maximum atomic E-state index is 11.5. The van der Waals surface area contributed by atoms with Crippen LogP contribution >= 0.6 is 0 Å². The first kappa shape index (κ1) is 7.53. The molecule has 0 fully saturated rings. The summed E-state index contributed by atoms with van der Waals surface area (Å²) in [5.41, 5.74) is 2.71. The normalized spacial score (nSPS) is 22.5. The van der Waals surface area contributed by atoms with Gasteiger partial charge in [-0.1, -0.05) is 6.92 Å². The first-order valence-electron chi connectivity index (χ1n) is 4.25. The van der Waals surface area contributed by atoms with Crippen molar-refractivity contribution < 1.29 is 4.79 Å². The van der Waals surface area contributed by atoms with Crippen LogP contribution in [0.1, 0.15) is 35.1 Å². The molecule has 1 aromatic rings. The van der Waals surface area contributed by atoms with E-state index in [4.69, 9.17) is 0 Å². The highest BCUT2D eigenvalue weighted by Crippen LogP contribution is 2.25. The third-order valence-corrected chi connectivity index (χ3v) is 2.38. The van der Waals surface area contributed by atoms with E-state index < -0.39 is 0 Å². The van der Waals surface area contributed by atoms with Crippen molar-refractivity contribution in [2.75, 3.05) is 0 Å². The lowest BCUT2D eigenvalue weighted by molar-refractivity contribution is 0.0952. The van der Waals surface area contributed by atoms with E-state index in [1.54, 1.807) is 0 Å². The van der Waals surface area contributed by atoms with Crippen molar-refractivity contribution in [2.24, 2.45) is 5.92 Å². The second-order valence-corrected chi connectivity index (χ2v) is 3.61. The summed E-state index contributed by atoms with van der Waals surface area (Å²) in [4.78, 5) is 11.5. The number of hydrogen-bond donors (Lipinski definition) is 1. The van der Waals surface area contributed by atoms with Gasteiger partial charge < -0.3 is 0 Å². The van der Waals surface area contributed by atoms with Crippen molar-refractivity contribution in [2.45, 2.75) is 26.7 Å². The average Bonchev–Trinajstić information content (AvgIpc) is 2.31. The third kappa shape index (κ3) is 0.967. The maximum absolute atomic E-state index is 11.5. The van der Waals surface area contributed by atoms with E-state index in [0.29, 0.717) is 12.3 Å². The predicted molar refractivity (Wildman–Crippen MR) is 45.1 cm³/mol. The number of fused-ring (bicyclic) bond motifs is 1. The van der Waals surface area contributed by atoms with Crippen molar-refractivity contribution in [1.82, 2.24) is 10.2 Å². The molecule has 1 aliphatic rings. The van der Waals surface area contributed by atoms with E-state index in [1.165, 1.54) is 0 Å². The van der Waals surface area contributed by atoms with Crippen LogP contribution in [0.2, 0.25) is 0 Å². The van der Waals surface area contributed by atoms with Gasteiger partial charge in [0.2, 0.25) is 0 Å². The topological polar surface area (TPSA) is 45.8 Å². The van der Waals surface area contributed by atoms with Crippen LogP contribution < -0.4 is 0 Å². The highest BCUT2D eigenvalue weighted by Gasteiger charge is 2.26. The van der Waals surface area contributed by atoms with Crippen LogP contribution in [0.3, 0.4) is 0 Å². The number of ketones is 1. The van der Waals surface area contributed by atoms with Crippen molar-refractivity contribution in [3.05, 3.63) is 17.0 Å². The molecular weight excluding hydrogens is 152 g/mol. The summed E-state index contributed by atoms with van der Waals surface area (Å²) in [6.07, 6.45) is 1.61. The van der Waals surface area contributed by atoms with Gasteiger partial charge in [0, 0.05) is 12.1 Å². The molecule has 1 N–H and O–H groups in total. The van der Waals surface area contributed by atoms with Gasteiger partial charge in [0.15, 0.2) is 5.78 Å². The molecule has 0 aromatic carbocycles. The summed E-state index contributed by atoms with van der Waals surface area (Å²) in [6, 6.07) is 0. The fourth-order valence-corrected chi connectivity index (χ4v) is 1.82. The molecule has 2 rings (SSSR count). The Morgan fingerprint density at radius 1 is 1.50 bits per heavy atom. The van der Waals surface area contributed by atoms with Gasteiger partial charge in [-0.3, -0.25) is 9.89 Å². The largest absolute Gasteiger partial charge is 0.294 e. The zero-order valence-electron chi connectivity index (χ0n) is 7.35. The van der Waals surface area contributed by atoms with Crippen LogP contribution in [-0.2, 0) is 6.42 Å². The first-order valence-corrected chi connectivity index (χ1v) is 4.25. The first-order chi connectivity index (χ1) is 5.68. The predicted octanol–water partition coefficient (Wildman–Crippen LogP) is 1.48. The Kier molecular flexibility index (Phi) is 1.53. The number of nitrogens with zero attached hydrogens (tertiary/aromatic N) is 1. The Hall–Kier alpha value is -1.12. The number of nitrogens with one attached hydrogen (secondary N) is 1. The van der Waals surface area contributed by atoms with Crippen LogP contribution in [0.15, 0.2) is 0 Å². The number of carbonyl (C=O) groups is 1. The zero-order valence-corrected chi connectivity index (χ0v) is 7.35. The van der Waals surface area contributed by atoms with Crippen molar-refractivity contribution in [3.63, 3.8) is 0 Å². The quantitative estimate of drug-likeness (QED) is 0.631. The molecular formula is C9H12N2O. The second-order valence-electron chi connectivity index (χ2n) is 3.61. The Bertz CT molecular complexity index is 327. The molecule has 1 atom stereocenters. The molecule has 1 aliphatic carbocycles. The van der Waals surface area contributed by atoms with Crippen LogP contribution in [0.25, 0.3) is 0 Å². The van der Waals surface area contributed by atoms with E-state index in [0.717, 1.165) is 23.4 Å². The molecule has 3 nitrogen and oxygen atoms in total. The molecule has 1 unspecified atom stereocenters. The number of aromatic nitrogens is 2. The SMILES string of the molecule is Cc1[nH]nc2c1C(=O)CC(C)C2. The Balaban J connectivity index is 2.50. The molecule has 0 bridgehead atoms. The van der Waals surface area contributed by atoms with Crippen molar-refractivity contribution in [3.8, 4) is 0 Å². The maximum Gasteiger partial charge on any atom is 0.166 e. The fraction of sp³-hybridized carbons (Fsp3) is 0.556. The van der Waals surface area contributed by atoms with Gasteiger partial charge in [0.05, 0.1) is 11.3 Å². The van der Waals surface area contributed by atoms with Gasteiger partial charge >= 0.3 is 0 Å². The highest BCUT2D eigenvalue weighted by molar-refractivity contribution is 5.99. The van der Waals surface area contributed by atoms with Gasteiger partial charge in [-0.15, -0.1) is 0 Å². The lowest BCUT2D eigenvalue weighted by Crippen LogP contribution is -2.17. The molecule has 0 aliphatic heterocycles. The molecule has 0 amide bonds. The summed E-state index contributed by atoms with van der Waals surface area (Å²) >= 11 is 0. The molecule has 0 saturated carbocycles. The molecule has 0 spiro atoms. The minimum Gasteiger partial charge on any atom is -0.294 e. The Morgan fingerprint density at radius 3 is 3.00 bits per heavy atom. The number of Topliss-reactive ketones (excluding diaryl/α,β-unsaturated/α-hetero) is 1. The number of aromatic amines is 1. The summed E-state index contributed by atoms with van der Waals surface area (Å²) in [5, 5.41) is 6.97. The molecule has 1 aromatic heterocycles. The van der Waals surface area contributed by atoms with Gasteiger partial charge in [-0.05, 0) is 19.3 Å². The number of hydrogen-bond acceptors (Lipinski definition) is 2. The van der Waals surface area contributed by atoms with Crippen LogP contribution in [0.4, 0.5) is 0 Å². The lowest BCUT2D eigenvalue weighted by atomic mass is 9.87. The minimum atomic E-state index is 0.245. The summed E-state index contributed by atoms with van der Waals surface area (Å²) in [7, 11) is 0. The van der Waals surface area contributed by atoms with Gasteiger partial charge in [-0.25, -0.2) is 0 Å². The Labute approximate surface area is 71.2 Å². The second kappa shape index (κ2) is 2.44. The third-order valence-electron chi connectivity index (χ3n) is 2.38. The molecule has 1 heterocycles. The van der Waals surface area contributed by atoms with Gasteiger partial charge in [0.1, 0.15) is 0 Å². The number of rotatable bonds is 0. The number of aryl methyl sites for hydroxylation is 1. The van der Waals surface area contributed by atoms with Gasteiger partial charge in [0.25, 0.3) is 0 Å². The van der Waals surface area contributed by atoms with Crippen LogP contribution in [0.5, 0.6) is 0 Å². The van der Waals surface area contributed by atoms with E-state index in [1.807, 2.05) is 6.92 Å². The van der Waals surface area contributed by atoms with Gasteiger partial charge in [-0.2, -0.15) is 5.10 Å². The smallest absolute Gasteiger partial charge is 0.166 e. The molecule has 0 saturated heterocycles.